The molecule has 0 amide bonds. The van der Waals surface area contributed by atoms with E-state index in [1.165, 1.54) is 12.1 Å². The van der Waals surface area contributed by atoms with Crippen molar-refractivity contribution in [3.63, 3.8) is 0 Å². The van der Waals surface area contributed by atoms with E-state index in [1.807, 2.05) is 0 Å². The minimum absolute atomic E-state index is 0. The standard InChI is InChI=1S/C7H9NO3S.Na/c1-5-2-3-6(4-7(5)8)12(9,10)11;/h2-4H,8H2,1H3,(H,9,10,11);. The molecule has 0 heterocycles. The molecular formula is C7H9NNaO3S. The smallest absolute Gasteiger partial charge is 0.294 e. The number of rotatable bonds is 1. The molecule has 3 N–H and O–H groups in total. The van der Waals surface area contributed by atoms with Crippen LogP contribution < -0.4 is 5.73 Å². The van der Waals surface area contributed by atoms with Crippen LogP contribution in [0.3, 0.4) is 0 Å². The van der Waals surface area contributed by atoms with E-state index in [-0.39, 0.29) is 34.5 Å². The number of nitrogen functional groups attached to an aromatic ring is 1. The maximum absolute atomic E-state index is 10.6. The zero-order valence-electron chi connectivity index (χ0n) is 7.48. The Morgan fingerprint density at radius 2 is 1.92 bits per heavy atom. The second-order valence-electron chi connectivity index (χ2n) is 2.49. The summed E-state index contributed by atoms with van der Waals surface area (Å²) in [5, 5.41) is 0. The SMILES string of the molecule is Cc1ccc(S(=O)(=O)O)cc1N.[Na]. The van der Waals surface area contributed by atoms with Crippen LogP contribution in [0.5, 0.6) is 0 Å². The second kappa shape index (κ2) is 4.43. The van der Waals surface area contributed by atoms with Gasteiger partial charge in [-0.3, -0.25) is 4.55 Å². The molecule has 0 aliphatic carbocycles. The largest absolute Gasteiger partial charge is 0.398 e. The third-order valence-corrected chi connectivity index (χ3v) is 2.40. The summed E-state index contributed by atoms with van der Waals surface area (Å²) in [4.78, 5) is -0.175. The molecule has 0 bridgehead atoms. The fourth-order valence-corrected chi connectivity index (χ4v) is 1.29. The van der Waals surface area contributed by atoms with Crippen LogP contribution in [0.15, 0.2) is 23.1 Å². The van der Waals surface area contributed by atoms with E-state index in [0.717, 1.165) is 5.56 Å². The molecule has 0 saturated carbocycles. The minimum atomic E-state index is -4.12. The van der Waals surface area contributed by atoms with Gasteiger partial charge in [0.2, 0.25) is 0 Å². The van der Waals surface area contributed by atoms with Crippen LogP contribution >= 0.6 is 0 Å². The van der Waals surface area contributed by atoms with Gasteiger partial charge in [-0.1, -0.05) is 6.07 Å². The van der Waals surface area contributed by atoms with Gasteiger partial charge in [0, 0.05) is 35.2 Å². The van der Waals surface area contributed by atoms with Gasteiger partial charge in [-0.05, 0) is 24.6 Å². The molecule has 6 heteroatoms. The first-order valence-corrected chi connectivity index (χ1v) is 4.69. The molecule has 1 radical (unpaired) electrons. The van der Waals surface area contributed by atoms with Crippen LogP contribution in [-0.4, -0.2) is 42.5 Å². The summed E-state index contributed by atoms with van der Waals surface area (Å²) in [5.41, 5.74) is 6.57. The van der Waals surface area contributed by atoms with E-state index in [9.17, 15) is 8.42 Å². The topological polar surface area (TPSA) is 80.4 Å². The normalized spacial score (nSPS) is 10.6. The zero-order valence-corrected chi connectivity index (χ0v) is 10.3. The van der Waals surface area contributed by atoms with Crippen LogP contribution in [0.25, 0.3) is 0 Å². The first-order valence-electron chi connectivity index (χ1n) is 3.25. The van der Waals surface area contributed by atoms with Crippen molar-refractivity contribution < 1.29 is 13.0 Å². The predicted molar refractivity (Wildman–Crippen MR) is 51.2 cm³/mol. The van der Waals surface area contributed by atoms with Crippen LogP contribution in [0.4, 0.5) is 5.69 Å². The summed E-state index contributed by atoms with van der Waals surface area (Å²) in [6.07, 6.45) is 0. The molecule has 13 heavy (non-hydrogen) atoms. The maximum atomic E-state index is 10.6. The molecule has 0 aliphatic heterocycles. The average molecular weight is 210 g/mol. The van der Waals surface area contributed by atoms with Crippen LogP contribution in [-0.2, 0) is 10.1 Å². The number of hydrogen-bond donors (Lipinski definition) is 2. The van der Waals surface area contributed by atoms with Gasteiger partial charge in [-0.15, -0.1) is 0 Å². The molecule has 1 rings (SSSR count). The fraction of sp³-hybridized carbons (Fsp3) is 0.143. The molecule has 0 atom stereocenters. The van der Waals surface area contributed by atoms with Crippen molar-refractivity contribution in [2.24, 2.45) is 0 Å². The van der Waals surface area contributed by atoms with E-state index in [4.69, 9.17) is 10.3 Å². The minimum Gasteiger partial charge on any atom is -0.398 e. The van der Waals surface area contributed by atoms with E-state index >= 15 is 0 Å². The molecule has 0 spiro atoms. The predicted octanol–water partition coefficient (Wildman–Crippen LogP) is 0.443. The van der Waals surface area contributed by atoms with E-state index in [1.54, 1.807) is 13.0 Å². The van der Waals surface area contributed by atoms with Gasteiger partial charge < -0.3 is 5.73 Å². The van der Waals surface area contributed by atoms with Gasteiger partial charge >= 0.3 is 0 Å². The fourth-order valence-electron chi connectivity index (χ4n) is 0.779. The van der Waals surface area contributed by atoms with Gasteiger partial charge in [-0.25, -0.2) is 0 Å². The van der Waals surface area contributed by atoms with Gasteiger partial charge in [0.05, 0.1) is 4.90 Å². The summed E-state index contributed by atoms with van der Waals surface area (Å²) >= 11 is 0. The Labute approximate surface area is 99.2 Å². The van der Waals surface area contributed by atoms with Crippen molar-refractivity contribution in [2.45, 2.75) is 11.8 Å². The van der Waals surface area contributed by atoms with E-state index < -0.39 is 10.1 Å². The first kappa shape index (κ1) is 12.9. The maximum Gasteiger partial charge on any atom is 0.294 e. The zero-order chi connectivity index (χ0) is 9.35. The van der Waals surface area contributed by atoms with Crippen molar-refractivity contribution >= 4 is 45.4 Å². The molecule has 1 aromatic rings. The van der Waals surface area contributed by atoms with E-state index in [2.05, 4.69) is 0 Å². The van der Waals surface area contributed by atoms with Crippen LogP contribution in [0.1, 0.15) is 5.56 Å². The molecule has 67 valence electrons. The Morgan fingerprint density at radius 1 is 1.38 bits per heavy atom. The number of benzene rings is 1. The molecule has 0 unspecified atom stereocenters. The van der Waals surface area contributed by atoms with Gasteiger partial charge in [-0.2, -0.15) is 8.42 Å². The first-order chi connectivity index (χ1) is 5.41. The summed E-state index contributed by atoms with van der Waals surface area (Å²) in [7, 11) is -4.12. The average Bonchev–Trinajstić information content (AvgIpc) is 1.92. The third kappa shape index (κ3) is 3.28. The summed E-state index contributed by atoms with van der Waals surface area (Å²) in [5.74, 6) is 0. The Morgan fingerprint density at radius 3 is 2.31 bits per heavy atom. The number of hydrogen-bond acceptors (Lipinski definition) is 3. The third-order valence-electron chi connectivity index (χ3n) is 1.55. The molecule has 0 fully saturated rings. The van der Waals surface area contributed by atoms with Crippen molar-refractivity contribution in [3.05, 3.63) is 23.8 Å². The molecule has 0 aromatic heterocycles. The van der Waals surface area contributed by atoms with Crippen molar-refractivity contribution in [3.8, 4) is 0 Å². The quantitative estimate of drug-likeness (QED) is 0.400. The van der Waals surface area contributed by atoms with Crippen LogP contribution in [0.2, 0.25) is 0 Å². The summed E-state index contributed by atoms with van der Waals surface area (Å²) in [6.45, 7) is 1.75. The van der Waals surface area contributed by atoms with Crippen molar-refractivity contribution in [1.82, 2.24) is 0 Å². The number of aryl methyl sites for hydroxylation is 1. The van der Waals surface area contributed by atoms with Crippen LogP contribution in [0, 0.1) is 6.92 Å². The Balaban J connectivity index is 0.00000144. The molecule has 1 aromatic carbocycles. The monoisotopic (exact) mass is 210 g/mol. The van der Waals surface area contributed by atoms with Crippen molar-refractivity contribution in [1.29, 1.82) is 0 Å². The number of anilines is 1. The van der Waals surface area contributed by atoms with E-state index in [0.29, 0.717) is 5.69 Å². The summed E-state index contributed by atoms with van der Waals surface area (Å²) < 4.78 is 29.8. The Kier molecular flexibility index (Phi) is 4.41. The summed E-state index contributed by atoms with van der Waals surface area (Å²) in [6, 6.07) is 4.07. The van der Waals surface area contributed by atoms with Gasteiger partial charge in [0.15, 0.2) is 0 Å². The van der Waals surface area contributed by atoms with Crippen molar-refractivity contribution in [2.75, 3.05) is 5.73 Å². The van der Waals surface area contributed by atoms with Gasteiger partial charge in [0.25, 0.3) is 10.1 Å². The second-order valence-corrected chi connectivity index (χ2v) is 3.91. The molecule has 0 saturated heterocycles. The molecule has 4 nitrogen and oxygen atoms in total. The number of nitrogens with two attached hydrogens (primary N) is 1. The Hall–Kier alpha value is -0.0700. The molecular weight excluding hydrogens is 201 g/mol. The van der Waals surface area contributed by atoms with Gasteiger partial charge in [0.1, 0.15) is 0 Å². The Bertz CT molecular complexity index is 402. The molecule has 0 aliphatic rings.